The Hall–Kier alpha value is -1.03. The van der Waals surface area contributed by atoms with Gasteiger partial charge >= 0.3 is 17.1 Å². The molecule has 0 spiro atoms. The Kier molecular flexibility index (Phi) is 8.26. The smallest absolute Gasteiger partial charge is 0.335 e. The van der Waals surface area contributed by atoms with Gasteiger partial charge in [-0.1, -0.05) is 74.1 Å². The molecule has 2 saturated heterocycles. The van der Waals surface area contributed by atoms with Gasteiger partial charge in [0.2, 0.25) is 0 Å². The molecule has 0 amide bonds. The van der Waals surface area contributed by atoms with Crippen LogP contribution in [0.15, 0.2) is 11.5 Å². The molecule has 9 nitrogen and oxygen atoms in total. The van der Waals surface area contributed by atoms with Crippen molar-refractivity contribution in [1.82, 2.24) is 19.5 Å². The second kappa shape index (κ2) is 10.6. The van der Waals surface area contributed by atoms with Crippen LogP contribution in [0.25, 0.3) is 11.2 Å². The van der Waals surface area contributed by atoms with Crippen molar-refractivity contribution >= 4 is 45.9 Å². The third-order valence-electron chi connectivity index (χ3n) is 7.54. The summed E-state index contributed by atoms with van der Waals surface area (Å²) in [4.78, 5) is 13.7. The molecule has 0 saturated carbocycles. The van der Waals surface area contributed by atoms with Gasteiger partial charge < -0.3 is 23.4 Å². The first kappa shape index (κ1) is 28.0. The number of nitrogens with two attached hydrogens (primary N) is 1. The van der Waals surface area contributed by atoms with Gasteiger partial charge in [0.1, 0.15) is 17.8 Å². The molecule has 2 aromatic rings. The van der Waals surface area contributed by atoms with Crippen molar-refractivity contribution < 1.29 is 17.7 Å². The van der Waals surface area contributed by atoms with Crippen molar-refractivity contribution in [1.29, 1.82) is 0 Å². The first-order chi connectivity index (χ1) is 16.9. The van der Waals surface area contributed by atoms with E-state index in [0.29, 0.717) is 46.2 Å². The fraction of sp³-hybridized carbons (Fsp3) is 0.792. The van der Waals surface area contributed by atoms with Crippen molar-refractivity contribution in [3.05, 3.63) is 6.33 Å². The summed E-state index contributed by atoms with van der Waals surface area (Å²) in [7, 11) is -5.28. The molecule has 3 atom stereocenters. The lowest BCUT2D eigenvalue weighted by Gasteiger charge is -2.51. The van der Waals surface area contributed by atoms with Gasteiger partial charge in [-0.3, -0.25) is 4.57 Å². The number of hydrogen-bond donors (Lipinski definition) is 1. The number of nitrogen functional groups attached to an aromatic ring is 1. The molecule has 202 valence electrons. The Morgan fingerprint density at radius 1 is 1.00 bits per heavy atom. The standard InChI is InChI=1S/C24H43N5O4SSi2/c1-10-34-24-27-22(25)21-23(28-24)29(13-26-21)20-11-18-19(31-20)12-30-35(14(2)3,15(4)5)33-36(32-18,16(6)7)17(8)9/h13-20H,10-12H2,1-9H3,(H2,25,27,28)/t18-,19+,20+/m0/s1. The monoisotopic (exact) mass is 553 g/mol. The van der Waals surface area contributed by atoms with Crippen molar-refractivity contribution in [2.75, 3.05) is 18.1 Å². The minimum Gasteiger partial charge on any atom is -0.414 e. The molecule has 12 heteroatoms. The Bertz CT molecular complexity index is 1050. The highest BCUT2D eigenvalue weighted by Gasteiger charge is 2.60. The highest BCUT2D eigenvalue weighted by atomic mass is 32.2. The highest BCUT2D eigenvalue weighted by molar-refractivity contribution is 7.99. The molecule has 4 rings (SSSR count). The zero-order valence-electron chi connectivity index (χ0n) is 23.1. The zero-order valence-corrected chi connectivity index (χ0v) is 26.0. The molecule has 0 bridgehead atoms. The van der Waals surface area contributed by atoms with E-state index in [4.69, 9.17) is 28.4 Å². The molecule has 0 unspecified atom stereocenters. The van der Waals surface area contributed by atoms with Crippen LogP contribution in [0.4, 0.5) is 5.82 Å². The molecular formula is C24H43N5O4SSi2. The van der Waals surface area contributed by atoms with E-state index in [1.165, 1.54) is 0 Å². The lowest BCUT2D eigenvalue weighted by atomic mass is 10.2. The Balaban J connectivity index is 1.72. The molecule has 2 fully saturated rings. The topological polar surface area (TPSA) is 107 Å². The van der Waals surface area contributed by atoms with Gasteiger partial charge in [-0.25, -0.2) is 15.0 Å². The van der Waals surface area contributed by atoms with Gasteiger partial charge in [0, 0.05) is 6.42 Å². The molecular weight excluding hydrogens is 511 g/mol. The van der Waals surface area contributed by atoms with Crippen LogP contribution >= 0.6 is 11.8 Å². The Morgan fingerprint density at radius 2 is 1.64 bits per heavy atom. The van der Waals surface area contributed by atoms with E-state index in [9.17, 15) is 0 Å². The lowest BCUT2D eigenvalue weighted by Crippen LogP contribution is -2.65. The number of hydrogen-bond acceptors (Lipinski definition) is 9. The van der Waals surface area contributed by atoms with E-state index in [2.05, 4.69) is 72.3 Å². The predicted molar refractivity (Wildman–Crippen MR) is 148 cm³/mol. The first-order valence-corrected chi connectivity index (χ1v) is 18.2. The quantitative estimate of drug-likeness (QED) is 0.260. The number of thioether (sulfide) groups is 1. The van der Waals surface area contributed by atoms with Crippen LogP contribution in [-0.4, -0.2) is 61.2 Å². The average Bonchev–Trinajstić information content (AvgIpc) is 3.37. The Morgan fingerprint density at radius 3 is 2.22 bits per heavy atom. The van der Waals surface area contributed by atoms with Gasteiger partial charge in [0.05, 0.1) is 19.0 Å². The first-order valence-electron chi connectivity index (χ1n) is 13.2. The minimum atomic E-state index is -2.68. The molecule has 4 heterocycles. The summed E-state index contributed by atoms with van der Waals surface area (Å²) < 4.78 is 29.9. The maximum atomic E-state index is 7.29. The summed E-state index contributed by atoms with van der Waals surface area (Å²) in [6, 6.07) is 0. The fourth-order valence-corrected chi connectivity index (χ4v) is 17.4. The second-order valence-electron chi connectivity index (χ2n) is 11.1. The summed E-state index contributed by atoms with van der Waals surface area (Å²) in [5.41, 5.74) is 8.65. The van der Waals surface area contributed by atoms with Crippen molar-refractivity contribution in [3.63, 3.8) is 0 Å². The van der Waals surface area contributed by atoms with Crippen molar-refractivity contribution in [3.8, 4) is 0 Å². The molecule has 0 aromatic carbocycles. The number of rotatable bonds is 7. The van der Waals surface area contributed by atoms with E-state index in [-0.39, 0.29) is 29.5 Å². The van der Waals surface area contributed by atoms with E-state index in [1.807, 2.05) is 4.57 Å². The maximum Gasteiger partial charge on any atom is 0.335 e. The van der Waals surface area contributed by atoms with Crippen molar-refractivity contribution in [2.24, 2.45) is 0 Å². The number of anilines is 1. The zero-order chi connectivity index (χ0) is 26.4. The van der Waals surface area contributed by atoms with Gasteiger partial charge in [-0.2, -0.15) is 0 Å². The van der Waals surface area contributed by atoms with Crippen molar-refractivity contribution in [2.45, 2.75) is 114 Å². The highest BCUT2D eigenvalue weighted by Crippen LogP contribution is 2.48. The third-order valence-corrected chi connectivity index (χ3v) is 18.5. The summed E-state index contributed by atoms with van der Waals surface area (Å²) in [6.45, 7) is 20.4. The van der Waals surface area contributed by atoms with Gasteiger partial charge in [-0.05, 0) is 27.9 Å². The second-order valence-corrected chi connectivity index (χ2v) is 21.2. The predicted octanol–water partition coefficient (Wildman–Crippen LogP) is 5.76. The number of imidazole rings is 1. The largest absolute Gasteiger partial charge is 0.414 e. The summed E-state index contributed by atoms with van der Waals surface area (Å²) >= 11 is 1.56. The maximum absolute atomic E-state index is 7.29. The lowest BCUT2D eigenvalue weighted by molar-refractivity contribution is -0.0544. The molecule has 2 aliphatic heterocycles. The Labute approximate surface area is 221 Å². The van der Waals surface area contributed by atoms with E-state index >= 15 is 0 Å². The van der Waals surface area contributed by atoms with E-state index in [1.54, 1.807) is 18.1 Å². The van der Waals surface area contributed by atoms with Gasteiger partial charge in [-0.15, -0.1) is 0 Å². The van der Waals surface area contributed by atoms with Crippen LogP contribution in [-0.2, 0) is 17.7 Å². The van der Waals surface area contributed by atoms with E-state index in [0.717, 1.165) is 5.75 Å². The van der Waals surface area contributed by atoms with Crippen LogP contribution in [0.3, 0.4) is 0 Å². The molecule has 2 aromatic heterocycles. The fourth-order valence-electron chi connectivity index (χ4n) is 5.63. The number of aromatic nitrogens is 4. The minimum absolute atomic E-state index is 0.126. The summed E-state index contributed by atoms with van der Waals surface area (Å²) in [5, 5.41) is 0.650. The third kappa shape index (κ3) is 4.78. The number of fused-ring (bicyclic) bond motifs is 2. The molecule has 2 N–H and O–H groups in total. The normalized spacial score (nSPS) is 26.2. The molecule has 36 heavy (non-hydrogen) atoms. The average molecular weight is 554 g/mol. The van der Waals surface area contributed by atoms with Crippen LogP contribution in [0.1, 0.15) is 75.0 Å². The molecule has 0 aliphatic carbocycles. The van der Waals surface area contributed by atoms with Gasteiger partial charge in [0.25, 0.3) is 0 Å². The molecule has 2 aliphatic rings. The SMILES string of the molecule is CCSc1nc(N)c2ncn([C@H]3C[C@@H]4O[Si](C(C)C)(C(C)C)O[Si](C(C)C)(C(C)C)OC[C@H]4O3)c2n1. The number of nitrogens with zero attached hydrogens (tertiary/aromatic N) is 4. The van der Waals surface area contributed by atoms with Crippen LogP contribution in [0.5, 0.6) is 0 Å². The van der Waals surface area contributed by atoms with Gasteiger partial charge in [0.15, 0.2) is 16.6 Å². The van der Waals surface area contributed by atoms with Crippen LogP contribution in [0.2, 0.25) is 22.2 Å². The summed E-state index contributed by atoms with van der Waals surface area (Å²) in [5.74, 6) is 1.25. The number of ether oxygens (including phenoxy) is 1. The summed E-state index contributed by atoms with van der Waals surface area (Å²) in [6.07, 6.45) is 1.84. The van der Waals surface area contributed by atoms with Crippen LogP contribution < -0.4 is 5.73 Å². The van der Waals surface area contributed by atoms with E-state index < -0.39 is 17.1 Å². The molecule has 0 radical (unpaired) electrons. The van der Waals surface area contributed by atoms with Crippen LogP contribution in [0, 0.1) is 0 Å².